The van der Waals surface area contributed by atoms with E-state index in [-0.39, 0.29) is 17.1 Å². The van der Waals surface area contributed by atoms with Gasteiger partial charge >= 0.3 is 5.97 Å². The molecule has 0 atom stereocenters. The Kier molecular flexibility index (Phi) is 5.46. The van der Waals surface area contributed by atoms with Crippen molar-refractivity contribution in [3.8, 4) is 11.5 Å². The molecule has 0 fully saturated rings. The lowest BCUT2D eigenvalue weighted by molar-refractivity contribution is -0.130. The summed E-state index contributed by atoms with van der Waals surface area (Å²) in [5, 5.41) is 21.8. The van der Waals surface area contributed by atoms with Crippen LogP contribution in [-0.2, 0) is 11.2 Å². The first-order chi connectivity index (χ1) is 13.1. The normalized spacial score (nSPS) is 11.6. The van der Waals surface area contributed by atoms with E-state index in [2.05, 4.69) is 0 Å². The lowest BCUT2D eigenvalue weighted by Gasteiger charge is -2.16. The summed E-state index contributed by atoms with van der Waals surface area (Å²) in [7, 11) is 1.47. The third-order valence-corrected chi connectivity index (χ3v) is 4.57. The van der Waals surface area contributed by atoms with Gasteiger partial charge in [-0.3, -0.25) is 0 Å². The first-order valence-electron chi connectivity index (χ1n) is 8.86. The number of hydrogen-bond donors (Lipinski definition) is 2. The third-order valence-electron chi connectivity index (χ3n) is 4.57. The molecule has 4 nitrogen and oxygen atoms in total. The Labute approximate surface area is 158 Å². The molecular weight excluding hydrogens is 340 g/mol. The Morgan fingerprint density at radius 3 is 2.48 bits per heavy atom. The molecule has 0 aliphatic rings. The number of fused-ring (bicyclic) bond motifs is 1. The zero-order valence-corrected chi connectivity index (χ0v) is 15.4. The highest BCUT2D eigenvalue weighted by molar-refractivity contribution is 6.20. The summed E-state index contributed by atoms with van der Waals surface area (Å²) in [5.41, 5.74) is 2.77. The van der Waals surface area contributed by atoms with Crippen LogP contribution in [0.3, 0.4) is 0 Å². The number of rotatable bonds is 6. The Balaban J connectivity index is 2.30. The number of phenols is 1. The first kappa shape index (κ1) is 18.5. The number of hydrogen-bond acceptors (Lipinski definition) is 3. The van der Waals surface area contributed by atoms with Gasteiger partial charge in [-0.25, -0.2) is 4.79 Å². The molecule has 3 rings (SSSR count). The number of ether oxygens (including phenoxy) is 1. The maximum atomic E-state index is 11.8. The second-order valence-electron chi connectivity index (χ2n) is 6.31. The minimum atomic E-state index is -1.00. The van der Waals surface area contributed by atoms with E-state index in [4.69, 9.17) is 4.74 Å². The molecule has 0 saturated heterocycles. The molecule has 0 aliphatic carbocycles. The highest BCUT2D eigenvalue weighted by atomic mass is 16.5. The molecule has 2 N–H and O–H groups in total. The summed E-state index contributed by atoms with van der Waals surface area (Å²) in [6.45, 7) is 1.89. The molecule has 0 radical (unpaired) electrons. The number of allylic oxidation sites excluding steroid dienone is 1. The van der Waals surface area contributed by atoms with Crippen molar-refractivity contribution in [1.82, 2.24) is 0 Å². The van der Waals surface area contributed by atoms with Crippen molar-refractivity contribution in [3.05, 3.63) is 77.4 Å². The molecule has 0 heterocycles. The van der Waals surface area contributed by atoms with Crippen LogP contribution in [0, 0.1) is 0 Å². The summed E-state index contributed by atoms with van der Waals surface area (Å²) in [4.78, 5) is 11.8. The van der Waals surface area contributed by atoms with E-state index < -0.39 is 5.97 Å². The van der Waals surface area contributed by atoms with Crippen molar-refractivity contribution in [3.63, 3.8) is 0 Å². The molecule has 3 aromatic carbocycles. The summed E-state index contributed by atoms with van der Waals surface area (Å²) in [5.74, 6) is -0.704. The highest BCUT2D eigenvalue weighted by Crippen LogP contribution is 2.41. The molecule has 0 aromatic heterocycles. The first-order valence-corrected chi connectivity index (χ1v) is 8.86. The molecule has 3 aromatic rings. The number of aromatic hydroxyl groups is 1. The van der Waals surface area contributed by atoms with Crippen LogP contribution in [0.4, 0.5) is 0 Å². The van der Waals surface area contributed by atoms with Crippen LogP contribution in [-0.4, -0.2) is 23.3 Å². The summed E-state index contributed by atoms with van der Waals surface area (Å²) >= 11 is 0. The van der Waals surface area contributed by atoms with Gasteiger partial charge in [0.15, 0.2) is 11.5 Å². The van der Waals surface area contributed by atoms with Crippen molar-refractivity contribution in [2.24, 2.45) is 0 Å². The zero-order valence-electron chi connectivity index (χ0n) is 15.4. The highest BCUT2D eigenvalue weighted by Gasteiger charge is 2.20. The second kappa shape index (κ2) is 7.96. The van der Waals surface area contributed by atoms with Crippen LogP contribution in [0.15, 0.2) is 60.7 Å². The number of aliphatic carboxylic acids is 1. The van der Waals surface area contributed by atoms with E-state index in [1.165, 1.54) is 7.11 Å². The average Bonchev–Trinajstić information content (AvgIpc) is 2.67. The molecule has 138 valence electrons. The maximum absolute atomic E-state index is 11.8. The number of methoxy groups -OCH3 is 1. The van der Waals surface area contributed by atoms with Gasteiger partial charge in [0, 0.05) is 10.9 Å². The number of phenolic OH excluding ortho intramolecular Hbond substituents is 1. The molecule has 0 aliphatic heterocycles. The van der Waals surface area contributed by atoms with Crippen LogP contribution in [0.1, 0.15) is 30.0 Å². The van der Waals surface area contributed by atoms with Crippen LogP contribution >= 0.6 is 0 Å². The Morgan fingerprint density at radius 1 is 1.11 bits per heavy atom. The van der Waals surface area contributed by atoms with Crippen LogP contribution in [0.2, 0.25) is 0 Å². The van der Waals surface area contributed by atoms with Gasteiger partial charge in [-0.15, -0.1) is 0 Å². The predicted molar refractivity (Wildman–Crippen MR) is 107 cm³/mol. The van der Waals surface area contributed by atoms with Gasteiger partial charge in [0.1, 0.15) is 0 Å². The van der Waals surface area contributed by atoms with E-state index in [0.717, 1.165) is 11.1 Å². The molecule has 0 unspecified atom stereocenters. The van der Waals surface area contributed by atoms with Crippen LogP contribution in [0.25, 0.3) is 16.3 Å². The maximum Gasteiger partial charge on any atom is 0.335 e. The third kappa shape index (κ3) is 3.65. The molecular formula is C23H22O4. The van der Waals surface area contributed by atoms with Gasteiger partial charge in [-0.05, 0) is 35.4 Å². The predicted octanol–water partition coefficient (Wildman–Crippen LogP) is 5.02. The fourth-order valence-corrected chi connectivity index (χ4v) is 3.36. The van der Waals surface area contributed by atoms with E-state index in [9.17, 15) is 15.0 Å². The quantitative estimate of drug-likeness (QED) is 0.604. The van der Waals surface area contributed by atoms with Crippen molar-refractivity contribution >= 4 is 22.3 Å². The molecule has 0 amide bonds. The van der Waals surface area contributed by atoms with Gasteiger partial charge in [0.2, 0.25) is 0 Å². The van der Waals surface area contributed by atoms with E-state index >= 15 is 0 Å². The second-order valence-corrected chi connectivity index (χ2v) is 6.31. The fourth-order valence-electron chi connectivity index (χ4n) is 3.36. The average molecular weight is 362 g/mol. The number of carboxylic acids is 1. The number of carboxylic acid groups (broad SMARTS) is 1. The van der Waals surface area contributed by atoms with E-state index in [1.54, 1.807) is 12.1 Å². The summed E-state index contributed by atoms with van der Waals surface area (Å²) in [6.07, 6.45) is 2.89. The molecule has 0 spiro atoms. The van der Waals surface area contributed by atoms with Crippen molar-refractivity contribution in [2.75, 3.05) is 7.11 Å². The minimum absolute atomic E-state index is 0.0315. The van der Waals surface area contributed by atoms with Gasteiger partial charge < -0.3 is 14.9 Å². The molecule has 0 saturated carbocycles. The minimum Gasteiger partial charge on any atom is -0.504 e. The largest absolute Gasteiger partial charge is 0.504 e. The molecule has 0 bridgehead atoms. The Morgan fingerprint density at radius 2 is 1.85 bits per heavy atom. The smallest absolute Gasteiger partial charge is 0.335 e. The molecule has 27 heavy (non-hydrogen) atoms. The Bertz CT molecular complexity index is 1000. The van der Waals surface area contributed by atoms with Crippen molar-refractivity contribution in [1.29, 1.82) is 0 Å². The van der Waals surface area contributed by atoms with Gasteiger partial charge in [0.25, 0.3) is 0 Å². The SMILES string of the molecule is CC/C=C(/C(=O)O)c1cc(OC)c(O)c2c(Cc3ccccc3)cccc12. The zero-order chi connectivity index (χ0) is 19.4. The van der Waals surface area contributed by atoms with E-state index in [1.807, 2.05) is 55.5 Å². The standard InChI is InChI=1S/C23H22O4/c1-3-8-18(23(25)26)19-14-20(27-2)22(24)21-16(11-7-12-17(19)21)13-15-9-5-4-6-10-15/h4-12,14,24H,3,13H2,1-2H3,(H,25,26)/b18-8+. The number of benzene rings is 3. The Hall–Kier alpha value is -3.27. The lowest BCUT2D eigenvalue weighted by Crippen LogP contribution is -2.02. The van der Waals surface area contributed by atoms with Crippen molar-refractivity contribution in [2.45, 2.75) is 19.8 Å². The van der Waals surface area contributed by atoms with Crippen LogP contribution < -0.4 is 4.74 Å². The monoisotopic (exact) mass is 362 g/mol. The molecule has 4 heteroatoms. The van der Waals surface area contributed by atoms with Gasteiger partial charge in [0.05, 0.1) is 12.7 Å². The summed E-state index contributed by atoms with van der Waals surface area (Å²) < 4.78 is 5.34. The number of carbonyl (C=O) groups is 1. The fraction of sp³-hybridized carbons (Fsp3) is 0.174. The van der Waals surface area contributed by atoms with E-state index in [0.29, 0.717) is 29.2 Å². The topological polar surface area (TPSA) is 66.8 Å². The van der Waals surface area contributed by atoms with Crippen molar-refractivity contribution < 1.29 is 19.7 Å². The van der Waals surface area contributed by atoms with Gasteiger partial charge in [-0.1, -0.05) is 61.5 Å². The van der Waals surface area contributed by atoms with Gasteiger partial charge in [-0.2, -0.15) is 0 Å². The van der Waals surface area contributed by atoms with Crippen LogP contribution in [0.5, 0.6) is 11.5 Å². The summed E-state index contributed by atoms with van der Waals surface area (Å²) in [6, 6.07) is 17.2. The lowest BCUT2D eigenvalue weighted by atomic mass is 9.91.